The third-order valence-electron chi connectivity index (χ3n) is 5.76. The number of hydrogen-bond acceptors (Lipinski definition) is 4. The molecule has 2 aliphatic carbocycles. The van der Waals surface area contributed by atoms with Crippen LogP contribution in [0.2, 0.25) is 0 Å². The van der Waals surface area contributed by atoms with E-state index in [0.717, 1.165) is 6.42 Å². The summed E-state index contributed by atoms with van der Waals surface area (Å²) >= 11 is 1.45. The molecule has 2 heterocycles. The molecule has 0 aromatic rings. The Morgan fingerprint density at radius 2 is 2.18 bits per heavy atom. The molecule has 122 valence electrons. The van der Waals surface area contributed by atoms with Gasteiger partial charge in [0.05, 0.1) is 12.6 Å². The highest BCUT2D eigenvalue weighted by atomic mass is 32.2. The number of alkyl halides is 2. The second-order valence-electron chi connectivity index (χ2n) is 7.12. The molecular formula is C15H20F2N2O2S. The maximum Gasteiger partial charge on any atom is 0.251 e. The van der Waals surface area contributed by atoms with Crippen molar-refractivity contribution in [1.29, 1.82) is 0 Å². The smallest absolute Gasteiger partial charge is 0.251 e. The summed E-state index contributed by atoms with van der Waals surface area (Å²) in [6, 6.07) is -0.0606. The average molecular weight is 330 g/mol. The average Bonchev–Trinajstić information content (AvgIpc) is 3.15. The Balaban J connectivity index is 1.48. The van der Waals surface area contributed by atoms with Crippen LogP contribution in [0.4, 0.5) is 8.78 Å². The molecule has 2 bridgehead atoms. The molecule has 4 nitrogen and oxygen atoms in total. The van der Waals surface area contributed by atoms with Gasteiger partial charge in [-0.05, 0) is 32.1 Å². The molecule has 4 fully saturated rings. The second kappa shape index (κ2) is 4.90. The predicted octanol–water partition coefficient (Wildman–Crippen LogP) is 2.43. The van der Waals surface area contributed by atoms with Gasteiger partial charge in [0.15, 0.2) is 5.17 Å². The van der Waals surface area contributed by atoms with Crippen LogP contribution in [0.15, 0.2) is 4.99 Å². The zero-order chi connectivity index (χ0) is 15.5. The molecule has 5 atom stereocenters. The quantitative estimate of drug-likeness (QED) is 0.846. The molecule has 0 spiro atoms. The van der Waals surface area contributed by atoms with Gasteiger partial charge in [-0.25, -0.2) is 8.78 Å². The summed E-state index contributed by atoms with van der Waals surface area (Å²) in [6.07, 6.45) is 1.84. The molecule has 2 saturated heterocycles. The fraction of sp³-hybridized carbons (Fsp3) is 0.867. The molecule has 4 rings (SSSR count). The lowest BCUT2D eigenvalue weighted by Crippen LogP contribution is -2.40. The lowest BCUT2D eigenvalue weighted by atomic mass is 9.92. The summed E-state index contributed by atoms with van der Waals surface area (Å²) in [6.45, 7) is 3.23. The van der Waals surface area contributed by atoms with Gasteiger partial charge in [-0.3, -0.25) is 9.79 Å². The van der Waals surface area contributed by atoms with Gasteiger partial charge in [0.1, 0.15) is 4.75 Å². The summed E-state index contributed by atoms with van der Waals surface area (Å²) in [5.74, 6) is -2.91. The van der Waals surface area contributed by atoms with E-state index >= 15 is 0 Å². The van der Waals surface area contributed by atoms with E-state index in [1.807, 2.05) is 6.92 Å². The van der Waals surface area contributed by atoms with Crippen LogP contribution in [0, 0.1) is 17.8 Å². The lowest BCUT2D eigenvalue weighted by Gasteiger charge is -2.26. The van der Waals surface area contributed by atoms with Gasteiger partial charge >= 0.3 is 0 Å². The summed E-state index contributed by atoms with van der Waals surface area (Å²) in [5.41, 5.74) is 0. The Morgan fingerprint density at radius 3 is 2.77 bits per heavy atom. The topological polar surface area (TPSA) is 50.7 Å². The van der Waals surface area contributed by atoms with Crippen molar-refractivity contribution in [1.82, 2.24) is 5.32 Å². The van der Waals surface area contributed by atoms with Gasteiger partial charge < -0.3 is 10.1 Å². The first kappa shape index (κ1) is 14.9. The largest absolute Gasteiger partial charge is 0.381 e. The Hall–Kier alpha value is -0.690. The standard InChI is InChI=1S/C15H20F2N2O2S/c1-14(9-2-3-21-7-9)12(20)19-13(22-14)18-11-5-10-4-8(11)6-15(10,16)17/h8-11H,2-7H2,1H3,(H,18,19,20)/t8?,9-,10+,11-,14?/m0/s1. The van der Waals surface area contributed by atoms with Crippen LogP contribution in [0.5, 0.6) is 0 Å². The first-order valence-electron chi connectivity index (χ1n) is 7.92. The van der Waals surface area contributed by atoms with E-state index in [-0.39, 0.29) is 30.2 Å². The third-order valence-corrected chi connectivity index (χ3v) is 7.10. The molecule has 2 saturated carbocycles. The van der Waals surface area contributed by atoms with Gasteiger partial charge in [-0.1, -0.05) is 11.8 Å². The Morgan fingerprint density at radius 1 is 1.36 bits per heavy atom. The zero-order valence-corrected chi connectivity index (χ0v) is 13.3. The number of rotatable bonds is 2. The molecule has 0 aromatic heterocycles. The van der Waals surface area contributed by atoms with E-state index in [9.17, 15) is 13.6 Å². The fourth-order valence-electron chi connectivity index (χ4n) is 4.28. The van der Waals surface area contributed by atoms with E-state index in [1.165, 1.54) is 11.8 Å². The predicted molar refractivity (Wildman–Crippen MR) is 80.1 cm³/mol. The van der Waals surface area contributed by atoms with Crippen molar-refractivity contribution in [3.05, 3.63) is 0 Å². The number of fused-ring (bicyclic) bond motifs is 2. The van der Waals surface area contributed by atoms with Gasteiger partial charge in [0, 0.05) is 24.9 Å². The Kier molecular flexibility index (Phi) is 3.31. The molecule has 4 aliphatic rings. The molecule has 22 heavy (non-hydrogen) atoms. The summed E-state index contributed by atoms with van der Waals surface area (Å²) < 4.78 is 32.0. The van der Waals surface area contributed by atoms with Crippen molar-refractivity contribution in [3.8, 4) is 0 Å². The minimum absolute atomic E-state index is 0.0276. The van der Waals surface area contributed by atoms with Crippen molar-refractivity contribution in [3.63, 3.8) is 0 Å². The highest BCUT2D eigenvalue weighted by molar-refractivity contribution is 8.16. The number of amidine groups is 1. The van der Waals surface area contributed by atoms with Crippen molar-refractivity contribution in [2.75, 3.05) is 13.2 Å². The SMILES string of the molecule is CC1([C@H]2CCOC2)SC(=N[C@H]2C[C@H]3CC2CC3(F)F)NC1=O. The monoisotopic (exact) mass is 330 g/mol. The number of ether oxygens (including phenoxy) is 1. The van der Waals surface area contributed by atoms with Crippen molar-refractivity contribution in [2.24, 2.45) is 22.7 Å². The summed E-state index contributed by atoms with van der Waals surface area (Å²) in [7, 11) is 0. The highest BCUT2D eigenvalue weighted by Crippen LogP contribution is 2.55. The van der Waals surface area contributed by atoms with E-state index < -0.39 is 16.6 Å². The Bertz CT molecular complexity index is 536. The molecular weight excluding hydrogens is 310 g/mol. The number of hydrogen-bond donors (Lipinski definition) is 1. The van der Waals surface area contributed by atoms with E-state index in [1.54, 1.807) is 0 Å². The molecule has 0 radical (unpaired) electrons. The molecule has 7 heteroatoms. The lowest BCUT2D eigenvalue weighted by molar-refractivity contribution is -0.122. The van der Waals surface area contributed by atoms with Crippen molar-refractivity contribution >= 4 is 22.8 Å². The minimum atomic E-state index is -2.51. The summed E-state index contributed by atoms with van der Waals surface area (Å²) in [5, 5.41) is 3.47. The van der Waals surface area contributed by atoms with Crippen LogP contribution < -0.4 is 5.32 Å². The number of nitrogens with one attached hydrogen (secondary N) is 1. The third kappa shape index (κ3) is 2.19. The van der Waals surface area contributed by atoms with Crippen LogP contribution in [0.25, 0.3) is 0 Å². The summed E-state index contributed by atoms with van der Waals surface area (Å²) in [4.78, 5) is 17.0. The fourth-order valence-corrected chi connectivity index (χ4v) is 5.51. The number of aliphatic imine (C=N–C) groups is 1. The van der Waals surface area contributed by atoms with Crippen LogP contribution >= 0.6 is 11.8 Å². The number of halogens is 2. The number of carbonyl (C=O) groups is 1. The first-order chi connectivity index (χ1) is 10.4. The van der Waals surface area contributed by atoms with Gasteiger partial charge in [0.2, 0.25) is 5.91 Å². The zero-order valence-electron chi connectivity index (χ0n) is 12.5. The number of nitrogens with zero attached hydrogens (tertiary/aromatic N) is 1. The van der Waals surface area contributed by atoms with Gasteiger partial charge in [-0.15, -0.1) is 0 Å². The van der Waals surface area contributed by atoms with Crippen LogP contribution in [0.3, 0.4) is 0 Å². The van der Waals surface area contributed by atoms with Crippen molar-refractivity contribution < 1.29 is 18.3 Å². The van der Waals surface area contributed by atoms with Gasteiger partial charge in [0.25, 0.3) is 5.92 Å². The molecule has 1 amide bonds. The maximum atomic E-state index is 13.6. The molecule has 2 unspecified atom stereocenters. The number of thioether (sulfide) groups is 1. The maximum absolute atomic E-state index is 13.6. The second-order valence-corrected chi connectivity index (χ2v) is 8.56. The normalized spacial score (nSPS) is 48.3. The molecule has 0 aromatic carbocycles. The van der Waals surface area contributed by atoms with Crippen LogP contribution in [-0.2, 0) is 9.53 Å². The van der Waals surface area contributed by atoms with E-state index in [2.05, 4.69) is 10.3 Å². The Labute approximate surface area is 132 Å². The first-order valence-corrected chi connectivity index (χ1v) is 8.74. The van der Waals surface area contributed by atoms with Crippen LogP contribution in [-0.4, -0.2) is 41.0 Å². The van der Waals surface area contributed by atoms with Crippen molar-refractivity contribution in [2.45, 2.75) is 49.3 Å². The minimum Gasteiger partial charge on any atom is -0.381 e. The highest BCUT2D eigenvalue weighted by Gasteiger charge is 2.57. The van der Waals surface area contributed by atoms with E-state index in [0.29, 0.717) is 31.2 Å². The molecule has 2 aliphatic heterocycles. The number of amides is 1. The van der Waals surface area contributed by atoms with E-state index in [4.69, 9.17) is 4.74 Å². The van der Waals surface area contributed by atoms with Gasteiger partial charge in [-0.2, -0.15) is 0 Å². The number of carbonyl (C=O) groups excluding carboxylic acids is 1. The van der Waals surface area contributed by atoms with Crippen LogP contribution in [0.1, 0.15) is 32.6 Å². The molecule has 1 N–H and O–H groups in total.